The van der Waals surface area contributed by atoms with Gasteiger partial charge in [-0.2, -0.15) is 0 Å². The zero-order chi connectivity index (χ0) is 11.5. The minimum atomic E-state index is -0.671. The number of alkyl halides is 1. The highest BCUT2D eigenvalue weighted by atomic mass is 35.5. The maximum absolute atomic E-state index is 11.0. The summed E-state index contributed by atoms with van der Waals surface area (Å²) in [5, 5.41) is 10.2. The van der Waals surface area contributed by atoms with Crippen LogP contribution in [0.15, 0.2) is 4.42 Å². The fourth-order valence-corrected chi connectivity index (χ4v) is 0.871. The van der Waals surface area contributed by atoms with Crippen LogP contribution in [0.1, 0.15) is 19.7 Å². The molecule has 1 rings (SSSR count). The Morgan fingerprint density at radius 1 is 1.60 bits per heavy atom. The van der Waals surface area contributed by atoms with Crippen LogP contribution < -0.4 is 11.1 Å². The summed E-state index contributed by atoms with van der Waals surface area (Å²) in [6.07, 6.45) is 0. The Balaban J connectivity index is 2.53. The second-order valence-corrected chi connectivity index (χ2v) is 4.00. The zero-order valence-electron chi connectivity index (χ0n) is 8.58. The predicted molar refractivity (Wildman–Crippen MR) is 55.3 cm³/mol. The number of aromatic nitrogens is 2. The van der Waals surface area contributed by atoms with E-state index in [4.69, 9.17) is 21.8 Å². The Morgan fingerprint density at radius 3 is 2.73 bits per heavy atom. The van der Waals surface area contributed by atoms with Gasteiger partial charge in [0.1, 0.15) is 5.88 Å². The quantitative estimate of drug-likeness (QED) is 0.730. The molecule has 3 N–H and O–H groups in total. The maximum Gasteiger partial charge on any atom is 0.315 e. The van der Waals surface area contributed by atoms with Crippen LogP contribution in [0, 0.1) is 5.41 Å². The van der Waals surface area contributed by atoms with Crippen LogP contribution in [-0.4, -0.2) is 22.6 Å². The molecule has 15 heavy (non-hydrogen) atoms. The van der Waals surface area contributed by atoms with Crippen molar-refractivity contribution in [2.75, 3.05) is 11.9 Å². The van der Waals surface area contributed by atoms with E-state index in [0.717, 1.165) is 0 Å². The number of nitrogens with zero attached hydrogens (tertiary/aromatic N) is 2. The molecule has 0 aliphatic heterocycles. The number of hydrogen-bond acceptors (Lipinski definition) is 5. The second kappa shape index (κ2) is 4.48. The molecule has 1 amide bonds. The number of halogens is 1. The summed E-state index contributed by atoms with van der Waals surface area (Å²) in [6.45, 7) is 3.77. The van der Waals surface area contributed by atoms with Crippen LogP contribution in [-0.2, 0) is 10.7 Å². The van der Waals surface area contributed by atoms with Crippen molar-refractivity contribution in [3.8, 4) is 0 Å². The lowest BCUT2D eigenvalue weighted by molar-refractivity contribution is -0.125. The van der Waals surface area contributed by atoms with E-state index in [2.05, 4.69) is 15.5 Å². The van der Waals surface area contributed by atoms with E-state index in [1.165, 1.54) is 0 Å². The van der Waals surface area contributed by atoms with Crippen LogP contribution in [0.5, 0.6) is 0 Å². The average Bonchev–Trinajstić information content (AvgIpc) is 2.62. The van der Waals surface area contributed by atoms with Gasteiger partial charge in [0.2, 0.25) is 11.8 Å². The smallest absolute Gasteiger partial charge is 0.315 e. The van der Waals surface area contributed by atoms with Crippen molar-refractivity contribution >= 4 is 23.5 Å². The maximum atomic E-state index is 11.0. The number of carbonyl (C=O) groups is 1. The summed E-state index contributed by atoms with van der Waals surface area (Å²) in [5.74, 6) is 0.0941. The molecule has 0 atom stereocenters. The molecule has 0 aromatic carbocycles. The minimum absolute atomic E-state index is 0.161. The molecule has 0 radical (unpaired) electrons. The topological polar surface area (TPSA) is 94.0 Å². The van der Waals surface area contributed by atoms with Gasteiger partial charge in [0, 0.05) is 6.54 Å². The molecular formula is C8H13ClN4O2. The number of anilines is 1. The summed E-state index contributed by atoms with van der Waals surface area (Å²) in [4.78, 5) is 11.0. The molecule has 0 unspecified atom stereocenters. The predicted octanol–water partition coefficient (Wildman–Crippen LogP) is 0.732. The van der Waals surface area contributed by atoms with Gasteiger partial charge in [0.15, 0.2) is 0 Å². The number of nitrogens with two attached hydrogens (primary N) is 1. The number of amides is 1. The fourth-order valence-electron chi connectivity index (χ4n) is 0.763. The summed E-state index contributed by atoms with van der Waals surface area (Å²) in [7, 11) is 0. The van der Waals surface area contributed by atoms with Gasteiger partial charge >= 0.3 is 6.01 Å². The molecule has 1 heterocycles. The average molecular weight is 233 g/mol. The van der Waals surface area contributed by atoms with Crippen molar-refractivity contribution in [1.82, 2.24) is 10.2 Å². The highest BCUT2D eigenvalue weighted by Crippen LogP contribution is 2.15. The molecule has 0 fully saturated rings. The van der Waals surface area contributed by atoms with Crippen molar-refractivity contribution in [2.24, 2.45) is 11.1 Å². The summed E-state index contributed by atoms with van der Waals surface area (Å²) < 4.78 is 5.09. The van der Waals surface area contributed by atoms with E-state index in [1.54, 1.807) is 13.8 Å². The Labute approximate surface area is 92.2 Å². The molecule has 1 aromatic rings. The third kappa shape index (κ3) is 3.09. The molecule has 0 bridgehead atoms. The van der Waals surface area contributed by atoms with Gasteiger partial charge in [-0.3, -0.25) is 4.79 Å². The molecule has 0 spiro atoms. The summed E-state index contributed by atoms with van der Waals surface area (Å²) in [5.41, 5.74) is 4.53. The van der Waals surface area contributed by atoms with Gasteiger partial charge in [0.05, 0.1) is 5.41 Å². The molecule has 1 aromatic heterocycles. The monoisotopic (exact) mass is 232 g/mol. The number of nitrogens with one attached hydrogen (secondary N) is 1. The van der Waals surface area contributed by atoms with Gasteiger partial charge in [-0.25, -0.2) is 0 Å². The van der Waals surface area contributed by atoms with E-state index in [0.29, 0.717) is 12.4 Å². The molecule has 6 nitrogen and oxygen atoms in total. The first-order valence-corrected chi connectivity index (χ1v) is 4.91. The normalized spacial score (nSPS) is 11.4. The molecule has 84 valence electrons. The molecule has 7 heteroatoms. The van der Waals surface area contributed by atoms with E-state index in [1.807, 2.05) is 0 Å². The SMILES string of the molecule is CC(C)(CNc1nnc(CCl)o1)C(N)=O. The van der Waals surface area contributed by atoms with Crippen LogP contribution in [0.4, 0.5) is 6.01 Å². The van der Waals surface area contributed by atoms with Crippen LogP contribution in [0.2, 0.25) is 0 Å². The molecule has 0 aliphatic carbocycles. The first-order chi connectivity index (χ1) is 6.95. The van der Waals surface area contributed by atoms with E-state index in [9.17, 15) is 4.79 Å². The molecular weight excluding hydrogens is 220 g/mol. The van der Waals surface area contributed by atoms with E-state index in [-0.39, 0.29) is 11.9 Å². The lowest BCUT2D eigenvalue weighted by Gasteiger charge is -2.19. The summed E-state index contributed by atoms with van der Waals surface area (Å²) in [6, 6.07) is 0.236. The third-order valence-electron chi connectivity index (χ3n) is 1.93. The first-order valence-electron chi connectivity index (χ1n) is 4.38. The first kappa shape index (κ1) is 11.8. The van der Waals surface area contributed by atoms with Gasteiger partial charge in [-0.1, -0.05) is 5.10 Å². The Kier molecular flexibility index (Phi) is 3.52. The van der Waals surface area contributed by atoms with Crippen LogP contribution in [0.3, 0.4) is 0 Å². The lowest BCUT2D eigenvalue weighted by Crippen LogP contribution is -2.37. The van der Waals surface area contributed by atoms with E-state index < -0.39 is 11.3 Å². The number of hydrogen-bond donors (Lipinski definition) is 2. The van der Waals surface area contributed by atoms with Crippen molar-refractivity contribution < 1.29 is 9.21 Å². The zero-order valence-corrected chi connectivity index (χ0v) is 9.34. The van der Waals surface area contributed by atoms with Crippen molar-refractivity contribution in [2.45, 2.75) is 19.7 Å². The molecule has 0 aliphatic rings. The molecule has 0 saturated carbocycles. The standard InChI is InChI=1S/C8H13ClN4O2/c1-8(2,6(10)14)4-11-7-13-12-5(3-9)15-7/h3-4H2,1-2H3,(H2,10,14)(H,11,13). The number of carbonyl (C=O) groups excluding carboxylic acids is 1. The van der Waals surface area contributed by atoms with Crippen LogP contribution in [0.25, 0.3) is 0 Å². The van der Waals surface area contributed by atoms with Gasteiger partial charge in [-0.15, -0.1) is 16.7 Å². The summed E-state index contributed by atoms with van der Waals surface area (Å²) >= 11 is 5.48. The minimum Gasteiger partial charge on any atom is -0.407 e. The van der Waals surface area contributed by atoms with Gasteiger partial charge in [0.25, 0.3) is 0 Å². The Morgan fingerprint density at radius 2 is 2.27 bits per heavy atom. The van der Waals surface area contributed by atoms with Gasteiger partial charge < -0.3 is 15.5 Å². The van der Waals surface area contributed by atoms with Crippen molar-refractivity contribution in [1.29, 1.82) is 0 Å². The van der Waals surface area contributed by atoms with Gasteiger partial charge in [-0.05, 0) is 13.8 Å². The Bertz CT molecular complexity index is 350. The van der Waals surface area contributed by atoms with Crippen molar-refractivity contribution in [3.05, 3.63) is 5.89 Å². The highest BCUT2D eigenvalue weighted by molar-refractivity contribution is 6.16. The van der Waals surface area contributed by atoms with Crippen LogP contribution >= 0.6 is 11.6 Å². The highest BCUT2D eigenvalue weighted by Gasteiger charge is 2.25. The Hall–Kier alpha value is -1.30. The fraction of sp³-hybridized carbons (Fsp3) is 0.625. The largest absolute Gasteiger partial charge is 0.407 e. The third-order valence-corrected chi connectivity index (χ3v) is 2.16. The lowest BCUT2D eigenvalue weighted by atomic mass is 9.93. The van der Waals surface area contributed by atoms with Crippen molar-refractivity contribution in [3.63, 3.8) is 0 Å². The number of rotatable bonds is 5. The second-order valence-electron chi connectivity index (χ2n) is 3.74. The number of primary amides is 1. The van der Waals surface area contributed by atoms with E-state index >= 15 is 0 Å². The molecule has 0 saturated heterocycles.